The predicted molar refractivity (Wildman–Crippen MR) is 115 cm³/mol. The van der Waals surface area contributed by atoms with Crippen LogP contribution in [0.25, 0.3) is 0 Å². The summed E-state index contributed by atoms with van der Waals surface area (Å²) in [6.45, 7) is 0.965. The Labute approximate surface area is 223 Å². The van der Waals surface area contributed by atoms with Gasteiger partial charge in [-0.15, -0.1) is 0 Å². The highest BCUT2D eigenvalue weighted by Gasteiger charge is 2.40. The monoisotopic (exact) mass is 607 g/mol. The molecule has 0 aliphatic rings. The fraction of sp³-hybridized carbons (Fsp3) is 0.818. The van der Waals surface area contributed by atoms with Gasteiger partial charge in [0.15, 0.2) is 0 Å². The van der Waals surface area contributed by atoms with Gasteiger partial charge < -0.3 is 24.3 Å². The lowest BCUT2D eigenvalue weighted by molar-refractivity contribution is -0.168. The minimum absolute atomic E-state index is 0.235. The highest BCUT2D eigenvalue weighted by molar-refractivity contribution is 5.72. The van der Waals surface area contributed by atoms with Crippen molar-refractivity contribution in [3.05, 3.63) is 0 Å². The van der Waals surface area contributed by atoms with Crippen LogP contribution in [-0.4, -0.2) is 73.5 Å². The van der Waals surface area contributed by atoms with Crippen LogP contribution in [0.4, 0.5) is 44.3 Å². The van der Waals surface area contributed by atoms with Crippen LogP contribution in [0.3, 0.4) is 0 Å². The normalized spacial score (nSPS) is 12.9. The fourth-order valence-electron chi connectivity index (χ4n) is 2.40. The Morgan fingerprint density at radius 2 is 0.900 bits per heavy atom. The number of alkyl halides is 9. The molecule has 1 N–H and O–H groups in total. The lowest BCUT2D eigenvalue weighted by Gasteiger charge is -2.34. The number of amides is 1. The average Bonchev–Trinajstić information content (AvgIpc) is 2.79. The number of esters is 3. The van der Waals surface area contributed by atoms with Gasteiger partial charge in [-0.3, -0.25) is 14.4 Å². The number of alkyl carbamates (subject to hydrolysis) is 1. The van der Waals surface area contributed by atoms with E-state index in [-0.39, 0.29) is 6.42 Å². The van der Waals surface area contributed by atoms with E-state index >= 15 is 0 Å². The minimum atomic E-state index is -4.76. The zero-order valence-electron chi connectivity index (χ0n) is 21.7. The van der Waals surface area contributed by atoms with Gasteiger partial charge in [0, 0.05) is 0 Å². The fourth-order valence-corrected chi connectivity index (χ4v) is 2.40. The summed E-state index contributed by atoms with van der Waals surface area (Å²) in [5.41, 5.74) is -3.53. The maximum Gasteiger partial charge on any atom is 0.408 e. The smallest absolute Gasteiger partial charge is 0.408 e. The molecule has 18 heteroatoms. The van der Waals surface area contributed by atoms with E-state index in [9.17, 15) is 58.7 Å². The van der Waals surface area contributed by atoms with Crippen molar-refractivity contribution in [3.8, 4) is 0 Å². The molecular weight excluding hydrogens is 577 g/mol. The number of carbonyl (C=O) groups excluding carboxylic acids is 4. The number of rotatable bonds is 15. The summed E-state index contributed by atoms with van der Waals surface area (Å²) in [5, 5.41) is 2.04. The maximum absolute atomic E-state index is 12.5. The molecule has 0 bridgehead atoms. The molecule has 0 aliphatic carbocycles. The molecule has 1 amide bonds. The molecule has 0 saturated heterocycles. The maximum atomic E-state index is 12.5. The van der Waals surface area contributed by atoms with E-state index in [0.717, 1.165) is 0 Å². The lowest BCUT2D eigenvalue weighted by Crippen LogP contribution is -2.60. The van der Waals surface area contributed by atoms with Crippen LogP contribution >= 0.6 is 0 Å². The number of carbonyl (C=O) groups is 4. The van der Waals surface area contributed by atoms with Crippen molar-refractivity contribution >= 4 is 24.0 Å². The first kappa shape index (κ1) is 37.0. The number of hydrogen-bond acceptors (Lipinski definition) is 8. The van der Waals surface area contributed by atoms with Crippen molar-refractivity contribution in [2.75, 3.05) is 19.8 Å². The summed E-state index contributed by atoms with van der Waals surface area (Å²) in [6.07, 6.45) is -23.8. The van der Waals surface area contributed by atoms with E-state index in [1.165, 1.54) is 13.8 Å². The van der Waals surface area contributed by atoms with Gasteiger partial charge in [0.1, 0.15) is 31.0 Å². The van der Waals surface area contributed by atoms with E-state index in [2.05, 4.69) is 0 Å². The highest BCUT2D eigenvalue weighted by Crippen LogP contribution is 2.24. The van der Waals surface area contributed by atoms with Crippen LogP contribution in [0.15, 0.2) is 0 Å². The molecule has 40 heavy (non-hydrogen) atoms. The van der Waals surface area contributed by atoms with Gasteiger partial charge >= 0.3 is 42.5 Å². The first-order valence-corrected chi connectivity index (χ1v) is 11.6. The van der Waals surface area contributed by atoms with Crippen molar-refractivity contribution in [1.82, 2.24) is 5.32 Å². The molecule has 0 rings (SSSR count). The molecule has 0 heterocycles. The van der Waals surface area contributed by atoms with E-state index in [1.807, 2.05) is 5.32 Å². The Hall–Kier alpha value is -2.95. The Morgan fingerprint density at radius 3 is 1.15 bits per heavy atom. The Bertz CT molecular complexity index is 771. The Morgan fingerprint density at radius 1 is 0.600 bits per heavy atom. The van der Waals surface area contributed by atoms with Crippen LogP contribution in [0.5, 0.6) is 0 Å². The molecule has 0 atom stereocenters. The average molecular weight is 607 g/mol. The molecule has 9 nitrogen and oxygen atoms in total. The van der Waals surface area contributed by atoms with Crippen molar-refractivity contribution in [2.45, 2.75) is 95.4 Å². The third-order valence-corrected chi connectivity index (χ3v) is 4.95. The summed E-state index contributed by atoms with van der Waals surface area (Å²) in [7, 11) is 0. The Kier molecular flexibility index (Phi) is 14.0. The number of nitrogens with one attached hydrogen (secondary N) is 1. The largest absolute Gasteiger partial charge is 0.463 e. The molecule has 0 aromatic rings. The molecule has 0 aromatic heterocycles. The van der Waals surface area contributed by atoms with Gasteiger partial charge in [0.05, 0.1) is 38.5 Å². The summed E-state index contributed by atoms with van der Waals surface area (Å²) in [5.74, 6) is -4.47. The van der Waals surface area contributed by atoms with Crippen molar-refractivity contribution < 1.29 is 77.6 Å². The zero-order chi connectivity index (χ0) is 31.4. The number of ether oxygens (including phenoxy) is 4. The summed E-state index contributed by atoms with van der Waals surface area (Å²) >= 11 is 0. The van der Waals surface area contributed by atoms with E-state index in [1.54, 1.807) is 6.92 Å². The number of hydrogen-bond donors (Lipinski definition) is 1. The zero-order valence-corrected chi connectivity index (χ0v) is 21.7. The second-order valence-corrected chi connectivity index (χ2v) is 9.24. The van der Waals surface area contributed by atoms with Crippen LogP contribution in [0.1, 0.15) is 65.7 Å². The van der Waals surface area contributed by atoms with Gasteiger partial charge in [0.25, 0.3) is 0 Å². The van der Waals surface area contributed by atoms with E-state index in [4.69, 9.17) is 18.9 Å². The van der Waals surface area contributed by atoms with Gasteiger partial charge in [-0.25, -0.2) is 4.79 Å². The quantitative estimate of drug-likeness (QED) is 0.152. The van der Waals surface area contributed by atoms with Crippen molar-refractivity contribution in [3.63, 3.8) is 0 Å². The third-order valence-electron chi connectivity index (χ3n) is 4.95. The molecule has 0 spiro atoms. The second kappa shape index (κ2) is 15.2. The SMILES string of the molecule is CCC(C)(C)OC(=O)NC(COC(=O)CCC(F)(F)F)(COC(=O)CCC(F)(F)F)COC(=O)CCC(F)(F)F. The van der Waals surface area contributed by atoms with Crippen LogP contribution < -0.4 is 5.32 Å². The molecule has 0 saturated carbocycles. The summed E-state index contributed by atoms with van der Waals surface area (Å²) in [4.78, 5) is 48.1. The molecule has 0 fully saturated rings. The van der Waals surface area contributed by atoms with Gasteiger partial charge in [-0.1, -0.05) is 6.92 Å². The predicted octanol–water partition coefficient (Wildman–Crippen LogP) is 5.30. The summed E-state index contributed by atoms with van der Waals surface area (Å²) in [6, 6.07) is 0. The highest BCUT2D eigenvalue weighted by atomic mass is 19.4. The molecule has 0 unspecified atom stereocenters. The molecular formula is C22H30F9NO8. The molecule has 0 aliphatic heterocycles. The van der Waals surface area contributed by atoms with Crippen LogP contribution in [0.2, 0.25) is 0 Å². The molecule has 0 radical (unpaired) electrons. The lowest BCUT2D eigenvalue weighted by atomic mass is 10.0. The van der Waals surface area contributed by atoms with Gasteiger partial charge in [0.2, 0.25) is 0 Å². The molecule has 0 aromatic carbocycles. The van der Waals surface area contributed by atoms with Gasteiger partial charge in [-0.05, 0) is 20.3 Å². The van der Waals surface area contributed by atoms with Crippen molar-refractivity contribution in [2.24, 2.45) is 0 Å². The topological polar surface area (TPSA) is 117 Å². The Balaban J connectivity index is 5.94. The van der Waals surface area contributed by atoms with Crippen LogP contribution in [-0.2, 0) is 33.3 Å². The van der Waals surface area contributed by atoms with Crippen molar-refractivity contribution in [1.29, 1.82) is 0 Å². The van der Waals surface area contributed by atoms with E-state index in [0.29, 0.717) is 0 Å². The first-order chi connectivity index (χ1) is 18.0. The summed E-state index contributed by atoms with van der Waals surface area (Å²) < 4.78 is 131. The minimum Gasteiger partial charge on any atom is -0.463 e. The van der Waals surface area contributed by atoms with Gasteiger partial charge in [-0.2, -0.15) is 39.5 Å². The number of halogens is 9. The molecule has 234 valence electrons. The standard InChI is InChI=1S/C22H30F9NO8/c1-4-18(2,3)40-17(36)32-19(11-37-14(33)5-8-20(23,24)25,12-38-15(34)6-9-21(26,27)28)13-39-16(35)7-10-22(29,30)31/h4-13H2,1-3H3,(H,32,36). The first-order valence-electron chi connectivity index (χ1n) is 11.6. The third kappa shape index (κ3) is 19.2. The van der Waals surface area contributed by atoms with E-state index < -0.39 is 112 Å². The second-order valence-electron chi connectivity index (χ2n) is 9.24. The van der Waals surface area contributed by atoms with Crippen LogP contribution in [0, 0.1) is 0 Å².